The molecule has 2 heterocycles. The standard InChI is InChI=1S/C23H20ClN5O2/c1-28(2)23(31)16-8-9-19(24)20(11-16)27-22(30)18-10-17-13-26-29(21(17)25-12-18)14-15-6-4-3-5-7-15/h3-13H,14H2,1-2H3,(H,27,30). The van der Waals surface area contributed by atoms with Crippen LogP contribution >= 0.6 is 11.6 Å². The summed E-state index contributed by atoms with van der Waals surface area (Å²) in [7, 11) is 3.32. The predicted octanol–water partition coefficient (Wildman–Crippen LogP) is 4.09. The van der Waals surface area contributed by atoms with Gasteiger partial charge in [-0.2, -0.15) is 5.10 Å². The highest BCUT2D eigenvalue weighted by Crippen LogP contribution is 2.25. The highest BCUT2D eigenvalue weighted by atomic mass is 35.5. The Morgan fingerprint density at radius 2 is 1.81 bits per heavy atom. The molecule has 7 nitrogen and oxygen atoms in total. The Kier molecular flexibility index (Phi) is 5.68. The van der Waals surface area contributed by atoms with Gasteiger partial charge in [-0.25, -0.2) is 9.67 Å². The Morgan fingerprint density at radius 1 is 1.03 bits per heavy atom. The van der Waals surface area contributed by atoms with Crippen LogP contribution in [0.5, 0.6) is 0 Å². The van der Waals surface area contributed by atoms with E-state index in [4.69, 9.17) is 11.6 Å². The first-order valence-corrected chi connectivity index (χ1v) is 9.98. The number of hydrogen-bond donors (Lipinski definition) is 1. The molecule has 156 valence electrons. The molecule has 8 heteroatoms. The molecule has 0 aliphatic carbocycles. The van der Waals surface area contributed by atoms with E-state index in [0.29, 0.717) is 34.0 Å². The van der Waals surface area contributed by atoms with Gasteiger partial charge in [-0.1, -0.05) is 41.9 Å². The largest absolute Gasteiger partial charge is 0.345 e. The number of aromatic nitrogens is 3. The summed E-state index contributed by atoms with van der Waals surface area (Å²) in [5, 5.41) is 8.26. The zero-order valence-electron chi connectivity index (χ0n) is 17.0. The number of nitrogens with zero attached hydrogens (tertiary/aromatic N) is 4. The average molecular weight is 434 g/mol. The van der Waals surface area contributed by atoms with Crippen molar-refractivity contribution in [2.75, 3.05) is 19.4 Å². The van der Waals surface area contributed by atoms with Crippen LogP contribution in [0.3, 0.4) is 0 Å². The minimum Gasteiger partial charge on any atom is -0.345 e. The van der Waals surface area contributed by atoms with Crippen molar-refractivity contribution >= 4 is 40.1 Å². The van der Waals surface area contributed by atoms with E-state index < -0.39 is 0 Å². The van der Waals surface area contributed by atoms with Crippen molar-refractivity contribution in [3.05, 3.63) is 88.7 Å². The molecule has 31 heavy (non-hydrogen) atoms. The van der Waals surface area contributed by atoms with Crippen molar-refractivity contribution in [2.24, 2.45) is 0 Å². The predicted molar refractivity (Wildman–Crippen MR) is 120 cm³/mol. The number of hydrogen-bond acceptors (Lipinski definition) is 4. The van der Waals surface area contributed by atoms with Crippen molar-refractivity contribution < 1.29 is 9.59 Å². The molecule has 0 fully saturated rings. The fourth-order valence-electron chi connectivity index (χ4n) is 3.17. The molecule has 4 rings (SSSR count). The summed E-state index contributed by atoms with van der Waals surface area (Å²) in [4.78, 5) is 30.9. The molecule has 0 saturated carbocycles. The van der Waals surface area contributed by atoms with Crippen LogP contribution in [0.15, 0.2) is 67.0 Å². The molecule has 2 aromatic carbocycles. The fraction of sp³-hybridized carbons (Fsp3) is 0.130. The van der Waals surface area contributed by atoms with Gasteiger partial charge in [0.2, 0.25) is 0 Å². The molecule has 0 atom stereocenters. The van der Waals surface area contributed by atoms with Gasteiger partial charge in [0.1, 0.15) is 0 Å². The third-order valence-electron chi connectivity index (χ3n) is 4.78. The number of fused-ring (bicyclic) bond motifs is 1. The zero-order chi connectivity index (χ0) is 22.0. The van der Waals surface area contributed by atoms with Gasteiger partial charge in [-0.15, -0.1) is 0 Å². The quantitative estimate of drug-likeness (QED) is 0.514. The van der Waals surface area contributed by atoms with Crippen LogP contribution in [0, 0.1) is 0 Å². The van der Waals surface area contributed by atoms with Gasteiger partial charge in [-0.05, 0) is 29.8 Å². The van der Waals surface area contributed by atoms with Crippen LogP contribution in [0.25, 0.3) is 11.0 Å². The smallest absolute Gasteiger partial charge is 0.257 e. The van der Waals surface area contributed by atoms with E-state index in [9.17, 15) is 9.59 Å². The van der Waals surface area contributed by atoms with Crippen LogP contribution in [-0.4, -0.2) is 45.6 Å². The van der Waals surface area contributed by atoms with Gasteiger partial charge in [0.15, 0.2) is 5.65 Å². The summed E-state index contributed by atoms with van der Waals surface area (Å²) in [5.74, 6) is -0.553. The molecule has 0 radical (unpaired) electrons. The van der Waals surface area contributed by atoms with E-state index in [1.807, 2.05) is 30.3 Å². The Morgan fingerprint density at radius 3 is 2.55 bits per heavy atom. The van der Waals surface area contributed by atoms with Gasteiger partial charge >= 0.3 is 0 Å². The normalized spacial score (nSPS) is 10.8. The highest BCUT2D eigenvalue weighted by molar-refractivity contribution is 6.34. The van der Waals surface area contributed by atoms with Crippen LogP contribution in [0.4, 0.5) is 5.69 Å². The van der Waals surface area contributed by atoms with Crippen LogP contribution in [0.2, 0.25) is 5.02 Å². The molecule has 2 aromatic heterocycles. The van der Waals surface area contributed by atoms with Crippen LogP contribution in [0.1, 0.15) is 26.3 Å². The first-order chi connectivity index (χ1) is 14.9. The number of amides is 2. The third-order valence-corrected chi connectivity index (χ3v) is 5.11. The number of nitrogens with one attached hydrogen (secondary N) is 1. The van der Waals surface area contributed by atoms with E-state index >= 15 is 0 Å². The van der Waals surface area contributed by atoms with Crippen molar-refractivity contribution in [1.82, 2.24) is 19.7 Å². The first-order valence-electron chi connectivity index (χ1n) is 9.60. The second-order valence-electron chi connectivity index (χ2n) is 7.27. The zero-order valence-corrected chi connectivity index (χ0v) is 17.8. The maximum atomic E-state index is 12.8. The molecule has 0 saturated heterocycles. The number of rotatable bonds is 5. The summed E-state index contributed by atoms with van der Waals surface area (Å²) >= 11 is 6.22. The Labute approximate surface area is 184 Å². The second kappa shape index (κ2) is 8.57. The number of pyridine rings is 1. The molecule has 0 aliphatic rings. The van der Waals surface area contributed by atoms with Gasteiger partial charge in [0, 0.05) is 31.2 Å². The van der Waals surface area contributed by atoms with Crippen LogP contribution in [-0.2, 0) is 6.54 Å². The Bertz CT molecular complexity index is 1270. The van der Waals surface area contributed by atoms with E-state index in [1.165, 1.54) is 11.1 Å². The topological polar surface area (TPSA) is 80.1 Å². The Balaban J connectivity index is 1.56. The fourth-order valence-corrected chi connectivity index (χ4v) is 3.34. The average Bonchev–Trinajstić information content (AvgIpc) is 3.17. The van der Waals surface area contributed by atoms with E-state index in [-0.39, 0.29) is 11.8 Å². The lowest BCUT2D eigenvalue weighted by Gasteiger charge is -2.13. The molecular weight excluding hydrogens is 414 g/mol. The number of carbonyl (C=O) groups is 2. The lowest BCUT2D eigenvalue weighted by Crippen LogP contribution is -2.22. The van der Waals surface area contributed by atoms with Crippen LogP contribution < -0.4 is 5.32 Å². The highest BCUT2D eigenvalue weighted by Gasteiger charge is 2.15. The van der Waals surface area contributed by atoms with Crippen molar-refractivity contribution in [2.45, 2.75) is 6.54 Å². The minimum atomic E-state index is -0.374. The number of anilines is 1. The monoisotopic (exact) mass is 433 g/mol. The molecule has 1 N–H and O–H groups in total. The molecule has 4 aromatic rings. The summed E-state index contributed by atoms with van der Waals surface area (Å²) in [5.41, 5.74) is 2.96. The Hall–Kier alpha value is -3.71. The van der Waals surface area contributed by atoms with E-state index in [1.54, 1.807) is 49.2 Å². The summed E-state index contributed by atoms with van der Waals surface area (Å²) in [6.45, 7) is 0.588. The SMILES string of the molecule is CN(C)C(=O)c1ccc(Cl)c(NC(=O)c2cnc3c(cnn3Cc3ccccc3)c2)c1. The number of carbonyl (C=O) groups excluding carboxylic acids is 2. The van der Waals surface area contributed by atoms with Crippen molar-refractivity contribution in [3.8, 4) is 0 Å². The molecule has 2 amide bonds. The number of benzene rings is 2. The van der Waals surface area contributed by atoms with E-state index in [2.05, 4.69) is 15.4 Å². The van der Waals surface area contributed by atoms with Gasteiger partial charge in [0.25, 0.3) is 11.8 Å². The summed E-state index contributed by atoms with van der Waals surface area (Å²) < 4.78 is 1.79. The second-order valence-corrected chi connectivity index (χ2v) is 7.68. The van der Waals surface area contributed by atoms with Gasteiger partial charge in [-0.3, -0.25) is 9.59 Å². The molecule has 0 spiro atoms. The summed E-state index contributed by atoms with van der Waals surface area (Å²) in [6, 6.07) is 16.5. The molecule has 0 bridgehead atoms. The van der Waals surface area contributed by atoms with Gasteiger partial charge in [0.05, 0.1) is 29.0 Å². The minimum absolute atomic E-state index is 0.180. The van der Waals surface area contributed by atoms with Crippen molar-refractivity contribution in [1.29, 1.82) is 0 Å². The lowest BCUT2D eigenvalue weighted by molar-refractivity contribution is 0.0827. The molecular formula is C23H20ClN5O2. The lowest BCUT2D eigenvalue weighted by atomic mass is 10.1. The third kappa shape index (κ3) is 4.41. The van der Waals surface area contributed by atoms with Gasteiger partial charge < -0.3 is 10.2 Å². The molecule has 0 aliphatic heterocycles. The van der Waals surface area contributed by atoms with E-state index in [0.717, 1.165) is 10.9 Å². The number of halogens is 1. The summed E-state index contributed by atoms with van der Waals surface area (Å²) in [6.07, 6.45) is 3.19. The maximum Gasteiger partial charge on any atom is 0.257 e. The molecule has 0 unspecified atom stereocenters. The van der Waals surface area contributed by atoms with Crippen molar-refractivity contribution in [3.63, 3.8) is 0 Å². The maximum absolute atomic E-state index is 12.8. The first kappa shape index (κ1) is 20.6.